The molecule has 0 unspecified atom stereocenters. The van der Waals surface area contributed by atoms with Crippen LogP contribution in [0.3, 0.4) is 0 Å². The van der Waals surface area contributed by atoms with E-state index in [2.05, 4.69) is 10.0 Å². The number of halogens is 1. The standard InChI is InChI=1S/C20H23ClN2O4S/c1-20(2,3)12-11-19(24)22-14-9-10-17(27-4)18(13-14)28(25,26)23-16-8-6-5-7-15(16)21/h5-13,23H,1-4H3,(H,22,24)/b12-11+. The van der Waals surface area contributed by atoms with Crippen molar-refractivity contribution >= 4 is 38.9 Å². The smallest absolute Gasteiger partial charge is 0.265 e. The van der Waals surface area contributed by atoms with Crippen molar-refractivity contribution in [2.75, 3.05) is 17.1 Å². The largest absolute Gasteiger partial charge is 0.495 e. The third-order valence-corrected chi connectivity index (χ3v) is 5.29. The molecule has 0 bridgehead atoms. The van der Waals surface area contributed by atoms with Gasteiger partial charge in [-0.2, -0.15) is 0 Å². The van der Waals surface area contributed by atoms with Gasteiger partial charge in [-0.3, -0.25) is 9.52 Å². The first kappa shape index (κ1) is 21.8. The lowest BCUT2D eigenvalue weighted by Crippen LogP contribution is -2.16. The van der Waals surface area contributed by atoms with Gasteiger partial charge in [0.1, 0.15) is 10.6 Å². The Kier molecular flexibility index (Phi) is 6.74. The molecule has 0 spiro atoms. The molecule has 0 aromatic heterocycles. The van der Waals surface area contributed by atoms with E-state index in [9.17, 15) is 13.2 Å². The maximum Gasteiger partial charge on any atom is 0.265 e. The van der Waals surface area contributed by atoms with E-state index in [1.165, 1.54) is 25.3 Å². The van der Waals surface area contributed by atoms with E-state index >= 15 is 0 Å². The lowest BCUT2D eigenvalue weighted by Gasteiger charge is -2.14. The Hall–Kier alpha value is -2.51. The fraction of sp³-hybridized carbons (Fsp3) is 0.250. The minimum Gasteiger partial charge on any atom is -0.495 e. The lowest BCUT2D eigenvalue weighted by atomic mass is 9.96. The minimum absolute atomic E-state index is 0.118. The molecule has 0 aliphatic heterocycles. The molecule has 0 saturated carbocycles. The van der Waals surface area contributed by atoms with Crippen molar-refractivity contribution in [3.63, 3.8) is 0 Å². The summed E-state index contributed by atoms with van der Waals surface area (Å²) >= 11 is 6.04. The molecule has 0 aliphatic carbocycles. The maximum absolute atomic E-state index is 12.9. The molecule has 0 radical (unpaired) electrons. The van der Waals surface area contributed by atoms with Crippen LogP contribution in [-0.2, 0) is 14.8 Å². The van der Waals surface area contributed by atoms with Gasteiger partial charge in [0.25, 0.3) is 10.0 Å². The Bertz CT molecular complexity index is 996. The molecular weight excluding hydrogens is 400 g/mol. The number of nitrogens with one attached hydrogen (secondary N) is 2. The molecule has 2 N–H and O–H groups in total. The summed E-state index contributed by atoms with van der Waals surface area (Å²) in [6.07, 6.45) is 3.18. The number of allylic oxidation sites excluding steroid dienone is 1. The van der Waals surface area contributed by atoms with E-state index in [-0.39, 0.29) is 32.7 Å². The average molecular weight is 423 g/mol. The Morgan fingerprint density at radius 3 is 2.43 bits per heavy atom. The number of amides is 1. The van der Waals surface area contributed by atoms with Crippen LogP contribution in [0.5, 0.6) is 5.75 Å². The second kappa shape index (κ2) is 8.67. The van der Waals surface area contributed by atoms with Crippen LogP contribution in [0, 0.1) is 5.41 Å². The van der Waals surface area contributed by atoms with Crippen LogP contribution in [0.2, 0.25) is 5.02 Å². The van der Waals surface area contributed by atoms with E-state index in [4.69, 9.17) is 16.3 Å². The Morgan fingerprint density at radius 1 is 1.14 bits per heavy atom. The Labute approximate surface area is 170 Å². The van der Waals surface area contributed by atoms with Crippen molar-refractivity contribution in [1.29, 1.82) is 0 Å². The molecular formula is C20H23ClN2O4S. The molecule has 1 amide bonds. The zero-order valence-corrected chi connectivity index (χ0v) is 17.7. The summed E-state index contributed by atoms with van der Waals surface area (Å²) in [5.74, 6) is -0.217. The minimum atomic E-state index is -4.00. The number of methoxy groups -OCH3 is 1. The molecule has 2 aromatic rings. The zero-order chi connectivity index (χ0) is 20.9. The highest BCUT2D eigenvalue weighted by atomic mass is 35.5. The summed E-state index contributed by atoms with van der Waals surface area (Å²) in [7, 11) is -2.63. The van der Waals surface area contributed by atoms with Crippen molar-refractivity contribution in [2.45, 2.75) is 25.7 Å². The van der Waals surface area contributed by atoms with Gasteiger partial charge in [-0.1, -0.05) is 50.6 Å². The highest BCUT2D eigenvalue weighted by molar-refractivity contribution is 7.92. The van der Waals surface area contributed by atoms with Crippen LogP contribution >= 0.6 is 11.6 Å². The van der Waals surface area contributed by atoms with Gasteiger partial charge in [0.15, 0.2) is 0 Å². The first-order valence-corrected chi connectivity index (χ1v) is 10.3. The number of benzene rings is 2. The molecule has 28 heavy (non-hydrogen) atoms. The number of rotatable bonds is 6. The van der Waals surface area contributed by atoms with Gasteiger partial charge >= 0.3 is 0 Å². The summed E-state index contributed by atoms with van der Waals surface area (Å²) < 4.78 is 33.3. The molecule has 0 heterocycles. The van der Waals surface area contributed by atoms with Gasteiger partial charge in [0, 0.05) is 5.69 Å². The first-order valence-electron chi connectivity index (χ1n) is 8.47. The topological polar surface area (TPSA) is 84.5 Å². The summed E-state index contributed by atoms with van der Waals surface area (Å²) in [6, 6.07) is 10.9. The molecule has 2 aromatic carbocycles. The quantitative estimate of drug-likeness (QED) is 0.661. The van der Waals surface area contributed by atoms with Crippen molar-refractivity contribution < 1.29 is 17.9 Å². The second-order valence-corrected chi connectivity index (χ2v) is 9.20. The van der Waals surface area contributed by atoms with Gasteiger partial charge in [0.05, 0.1) is 17.8 Å². The number of carbonyl (C=O) groups is 1. The predicted molar refractivity (Wildman–Crippen MR) is 112 cm³/mol. The van der Waals surface area contributed by atoms with Crippen LogP contribution in [0.1, 0.15) is 20.8 Å². The summed E-state index contributed by atoms with van der Waals surface area (Å²) in [4.78, 5) is 12.0. The first-order chi connectivity index (χ1) is 13.0. The Balaban J connectivity index is 2.33. The monoisotopic (exact) mass is 422 g/mol. The number of carbonyl (C=O) groups excluding carboxylic acids is 1. The van der Waals surface area contributed by atoms with Gasteiger partial charge in [-0.25, -0.2) is 8.42 Å². The number of hydrogen-bond donors (Lipinski definition) is 2. The number of para-hydroxylation sites is 1. The second-order valence-electron chi connectivity index (χ2n) is 7.14. The van der Waals surface area contributed by atoms with E-state index in [1.54, 1.807) is 36.4 Å². The van der Waals surface area contributed by atoms with Gasteiger partial charge < -0.3 is 10.1 Å². The molecule has 0 saturated heterocycles. The number of anilines is 2. The summed E-state index contributed by atoms with van der Waals surface area (Å²) in [5.41, 5.74) is 0.419. The van der Waals surface area contributed by atoms with Crippen LogP contribution in [0.25, 0.3) is 0 Å². The number of hydrogen-bond acceptors (Lipinski definition) is 4. The number of sulfonamides is 1. The maximum atomic E-state index is 12.9. The SMILES string of the molecule is COc1ccc(NC(=O)/C=C/C(C)(C)C)cc1S(=O)(=O)Nc1ccccc1Cl. The lowest BCUT2D eigenvalue weighted by molar-refractivity contribution is -0.112. The van der Waals surface area contributed by atoms with Crippen LogP contribution in [-0.4, -0.2) is 21.4 Å². The normalized spacial score (nSPS) is 12.0. The molecule has 8 heteroatoms. The molecule has 0 aliphatic rings. The van der Waals surface area contributed by atoms with E-state index in [0.29, 0.717) is 5.69 Å². The molecule has 0 atom stereocenters. The van der Waals surface area contributed by atoms with Crippen molar-refractivity contribution in [1.82, 2.24) is 0 Å². The van der Waals surface area contributed by atoms with Gasteiger partial charge in [-0.05, 0) is 41.8 Å². The zero-order valence-electron chi connectivity index (χ0n) is 16.1. The summed E-state index contributed by atoms with van der Waals surface area (Å²) in [5, 5.41) is 2.92. The van der Waals surface area contributed by atoms with Crippen molar-refractivity contribution in [3.05, 3.63) is 59.6 Å². The van der Waals surface area contributed by atoms with Gasteiger partial charge in [0.2, 0.25) is 5.91 Å². The van der Waals surface area contributed by atoms with Crippen molar-refractivity contribution in [2.24, 2.45) is 5.41 Å². The summed E-state index contributed by atoms with van der Waals surface area (Å²) in [6.45, 7) is 5.90. The Morgan fingerprint density at radius 2 is 1.82 bits per heavy atom. The van der Waals surface area contributed by atoms with Crippen LogP contribution in [0.4, 0.5) is 11.4 Å². The molecule has 0 fully saturated rings. The van der Waals surface area contributed by atoms with E-state index in [1.807, 2.05) is 20.8 Å². The van der Waals surface area contributed by atoms with Gasteiger partial charge in [-0.15, -0.1) is 0 Å². The average Bonchev–Trinajstić information content (AvgIpc) is 2.61. The predicted octanol–water partition coefficient (Wildman–Crippen LogP) is 4.69. The number of ether oxygens (including phenoxy) is 1. The highest BCUT2D eigenvalue weighted by Gasteiger charge is 2.21. The van der Waals surface area contributed by atoms with E-state index in [0.717, 1.165) is 0 Å². The highest BCUT2D eigenvalue weighted by Crippen LogP contribution is 2.30. The molecule has 2 rings (SSSR count). The third-order valence-electron chi connectivity index (χ3n) is 3.57. The van der Waals surface area contributed by atoms with E-state index < -0.39 is 10.0 Å². The fourth-order valence-electron chi connectivity index (χ4n) is 2.22. The molecule has 150 valence electrons. The molecule has 6 nitrogen and oxygen atoms in total. The fourth-order valence-corrected chi connectivity index (χ4v) is 3.73. The third kappa shape index (κ3) is 6.00. The van der Waals surface area contributed by atoms with Crippen molar-refractivity contribution in [3.8, 4) is 5.75 Å². The van der Waals surface area contributed by atoms with Crippen LogP contribution in [0.15, 0.2) is 59.5 Å². The van der Waals surface area contributed by atoms with Crippen LogP contribution < -0.4 is 14.8 Å².